The maximum Gasteiger partial charge on any atom is 0.140 e. The van der Waals surface area contributed by atoms with E-state index in [9.17, 15) is 0 Å². The third kappa shape index (κ3) is 3.55. The summed E-state index contributed by atoms with van der Waals surface area (Å²) in [6.45, 7) is 0. The van der Waals surface area contributed by atoms with Gasteiger partial charge in [-0.1, -0.05) is 29.3 Å². The molecule has 18 heavy (non-hydrogen) atoms. The van der Waals surface area contributed by atoms with Crippen molar-refractivity contribution in [1.29, 1.82) is 0 Å². The summed E-state index contributed by atoms with van der Waals surface area (Å²) in [5, 5.41) is 3.17. The lowest BCUT2D eigenvalue weighted by Gasteiger charge is -2.18. The van der Waals surface area contributed by atoms with Gasteiger partial charge in [-0.2, -0.15) is 0 Å². The minimum atomic E-state index is -0.0848. The van der Waals surface area contributed by atoms with E-state index in [0.717, 1.165) is 11.3 Å². The third-order valence-electron chi connectivity index (χ3n) is 2.39. The first-order valence-electron chi connectivity index (χ1n) is 5.42. The quantitative estimate of drug-likeness (QED) is 0.632. The molecule has 1 nitrogen and oxygen atoms in total. The molecule has 1 aromatic carbocycles. The fourth-order valence-electron chi connectivity index (χ4n) is 1.55. The maximum absolute atomic E-state index is 6.09. The normalized spacial score (nSPS) is 12.4. The Morgan fingerprint density at radius 1 is 1.22 bits per heavy atom. The summed E-state index contributed by atoms with van der Waals surface area (Å²) in [7, 11) is 0. The van der Waals surface area contributed by atoms with Crippen molar-refractivity contribution in [2.24, 2.45) is 0 Å². The zero-order valence-corrected chi connectivity index (χ0v) is 12.5. The molecule has 0 amide bonds. The molecule has 0 aliphatic carbocycles. The standard InChI is InChI=1S/C13H11Cl3OS/c14-6-5-11(13-2-1-7-18-13)17-12-8-9(15)3-4-10(12)16/h1-4,7-8,11H,5-6H2. The van der Waals surface area contributed by atoms with Crippen molar-refractivity contribution in [1.82, 2.24) is 0 Å². The van der Waals surface area contributed by atoms with Gasteiger partial charge in [-0.15, -0.1) is 22.9 Å². The molecule has 1 aromatic heterocycles. The van der Waals surface area contributed by atoms with E-state index in [1.54, 1.807) is 29.5 Å². The van der Waals surface area contributed by atoms with Crippen molar-refractivity contribution >= 4 is 46.1 Å². The molecule has 2 rings (SSSR count). The highest BCUT2D eigenvalue weighted by molar-refractivity contribution is 7.10. The van der Waals surface area contributed by atoms with Gasteiger partial charge in [0.1, 0.15) is 11.9 Å². The van der Waals surface area contributed by atoms with Crippen LogP contribution in [0, 0.1) is 0 Å². The monoisotopic (exact) mass is 320 g/mol. The van der Waals surface area contributed by atoms with E-state index >= 15 is 0 Å². The van der Waals surface area contributed by atoms with E-state index in [1.807, 2.05) is 17.5 Å². The van der Waals surface area contributed by atoms with Crippen molar-refractivity contribution in [2.75, 3.05) is 5.88 Å². The van der Waals surface area contributed by atoms with E-state index in [4.69, 9.17) is 39.5 Å². The van der Waals surface area contributed by atoms with Crippen molar-refractivity contribution in [3.63, 3.8) is 0 Å². The third-order valence-corrected chi connectivity index (χ3v) is 4.12. The Bertz CT molecular complexity index is 499. The molecule has 0 aliphatic heterocycles. The van der Waals surface area contributed by atoms with Crippen LogP contribution in [0.5, 0.6) is 5.75 Å². The second-order valence-corrected chi connectivity index (χ2v) is 5.88. The average molecular weight is 322 g/mol. The van der Waals surface area contributed by atoms with Gasteiger partial charge in [-0.05, 0) is 23.6 Å². The Hall–Kier alpha value is -0.410. The molecule has 0 N–H and O–H groups in total. The number of hydrogen-bond acceptors (Lipinski definition) is 2. The van der Waals surface area contributed by atoms with Crippen molar-refractivity contribution < 1.29 is 4.74 Å². The van der Waals surface area contributed by atoms with Gasteiger partial charge in [0, 0.05) is 28.3 Å². The van der Waals surface area contributed by atoms with E-state index in [-0.39, 0.29) is 6.10 Å². The van der Waals surface area contributed by atoms with Crippen LogP contribution in [0.15, 0.2) is 35.7 Å². The van der Waals surface area contributed by atoms with E-state index in [1.165, 1.54) is 0 Å². The number of rotatable bonds is 5. The molecule has 96 valence electrons. The minimum Gasteiger partial charge on any atom is -0.483 e. The number of ether oxygens (including phenoxy) is 1. The molecule has 0 aliphatic rings. The summed E-state index contributed by atoms with van der Waals surface area (Å²) in [5.74, 6) is 1.12. The molecule has 5 heteroatoms. The van der Waals surface area contributed by atoms with Gasteiger partial charge in [0.25, 0.3) is 0 Å². The van der Waals surface area contributed by atoms with Crippen LogP contribution in [0.4, 0.5) is 0 Å². The molecule has 0 saturated carbocycles. The molecular formula is C13H11Cl3OS. The summed E-state index contributed by atoms with van der Waals surface area (Å²) in [6, 6.07) is 9.20. The summed E-state index contributed by atoms with van der Waals surface area (Å²) < 4.78 is 5.92. The lowest BCUT2D eigenvalue weighted by Crippen LogP contribution is -2.07. The molecule has 0 radical (unpaired) electrons. The molecule has 1 atom stereocenters. The topological polar surface area (TPSA) is 9.23 Å². The SMILES string of the molecule is ClCCC(Oc1cc(Cl)ccc1Cl)c1cccs1. The van der Waals surface area contributed by atoms with Crippen molar-refractivity contribution in [2.45, 2.75) is 12.5 Å². The highest BCUT2D eigenvalue weighted by Gasteiger charge is 2.15. The Balaban J connectivity index is 2.21. The van der Waals surface area contributed by atoms with Crippen LogP contribution >= 0.6 is 46.1 Å². The van der Waals surface area contributed by atoms with Crippen LogP contribution < -0.4 is 4.74 Å². The van der Waals surface area contributed by atoms with Gasteiger partial charge >= 0.3 is 0 Å². The summed E-state index contributed by atoms with van der Waals surface area (Å²) >= 11 is 19.5. The Morgan fingerprint density at radius 2 is 2.06 bits per heavy atom. The van der Waals surface area contributed by atoms with Gasteiger partial charge in [-0.3, -0.25) is 0 Å². The number of benzene rings is 1. The molecule has 0 fully saturated rings. The van der Waals surface area contributed by atoms with Crippen molar-refractivity contribution in [3.05, 3.63) is 50.6 Å². The van der Waals surface area contributed by atoms with Gasteiger partial charge in [0.15, 0.2) is 0 Å². The molecule has 0 spiro atoms. The Kier molecular flexibility index (Phi) is 5.19. The molecule has 0 bridgehead atoms. The van der Waals surface area contributed by atoms with Crippen LogP contribution in [-0.2, 0) is 0 Å². The first-order chi connectivity index (χ1) is 8.70. The summed E-state index contributed by atoms with van der Waals surface area (Å²) in [5.41, 5.74) is 0. The fourth-order valence-corrected chi connectivity index (χ4v) is 2.87. The van der Waals surface area contributed by atoms with Crippen LogP contribution in [-0.4, -0.2) is 5.88 Å². The minimum absolute atomic E-state index is 0.0848. The lowest BCUT2D eigenvalue weighted by atomic mass is 10.2. The van der Waals surface area contributed by atoms with E-state index in [2.05, 4.69) is 0 Å². The van der Waals surface area contributed by atoms with Crippen LogP contribution in [0.3, 0.4) is 0 Å². The number of alkyl halides is 1. The Labute approximate surface area is 125 Å². The second-order valence-electron chi connectivity index (χ2n) is 3.67. The molecule has 1 heterocycles. The van der Waals surface area contributed by atoms with E-state index < -0.39 is 0 Å². The zero-order valence-electron chi connectivity index (χ0n) is 9.41. The van der Waals surface area contributed by atoms with Crippen LogP contribution in [0.1, 0.15) is 17.4 Å². The molecule has 1 unspecified atom stereocenters. The highest BCUT2D eigenvalue weighted by atomic mass is 35.5. The summed E-state index contributed by atoms with van der Waals surface area (Å²) in [4.78, 5) is 1.13. The smallest absolute Gasteiger partial charge is 0.140 e. The first-order valence-corrected chi connectivity index (χ1v) is 7.59. The largest absolute Gasteiger partial charge is 0.483 e. The van der Waals surface area contributed by atoms with Crippen LogP contribution in [0.25, 0.3) is 0 Å². The predicted octanol–water partition coefficient (Wildman–Crippen LogP) is 5.80. The fraction of sp³-hybridized carbons (Fsp3) is 0.231. The number of thiophene rings is 1. The molecular weight excluding hydrogens is 311 g/mol. The average Bonchev–Trinajstić information content (AvgIpc) is 2.87. The number of hydrogen-bond donors (Lipinski definition) is 0. The Morgan fingerprint density at radius 3 is 2.72 bits per heavy atom. The van der Waals surface area contributed by atoms with Gasteiger partial charge in [0.05, 0.1) is 5.02 Å². The van der Waals surface area contributed by atoms with Gasteiger partial charge in [0.2, 0.25) is 0 Å². The number of halogens is 3. The predicted molar refractivity (Wildman–Crippen MR) is 79.5 cm³/mol. The molecule has 2 aromatic rings. The van der Waals surface area contributed by atoms with Crippen LogP contribution in [0.2, 0.25) is 10.0 Å². The van der Waals surface area contributed by atoms with Crippen molar-refractivity contribution in [3.8, 4) is 5.75 Å². The zero-order chi connectivity index (χ0) is 13.0. The molecule has 0 saturated heterocycles. The lowest BCUT2D eigenvalue weighted by molar-refractivity contribution is 0.206. The summed E-state index contributed by atoms with van der Waals surface area (Å²) in [6.07, 6.45) is 0.642. The van der Waals surface area contributed by atoms with Gasteiger partial charge in [-0.25, -0.2) is 0 Å². The maximum atomic E-state index is 6.09. The van der Waals surface area contributed by atoms with Gasteiger partial charge < -0.3 is 4.74 Å². The van der Waals surface area contributed by atoms with E-state index in [0.29, 0.717) is 21.7 Å². The second kappa shape index (κ2) is 6.67. The first kappa shape index (κ1) is 14.0. The highest BCUT2D eigenvalue weighted by Crippen LogP contribution is 2.34.